The Morgan fingerprint density at radius 2 is 2.00 bits per heavy atom. The Kier molecular flexibility index (Phi) is 7.70. The molecule has 158 valence electrons. The zero-order valence-electron chi connectivity index (χ0n) is 17.8. The van der Waals surface area contributed by atoms with Gasteiger partial charge >= 0.3 is 0 Å². The molecule has 6 heteroatoms. The van der Waals surface area contributed by atoms with Crippen LogP contribution in [0, 0.1) is 5.92 Å². The van der Waals surface area contributed by atoms with E-state index in [9.17, 15) is 4.79 Å². The highest BCUT2D eigenvalue weighted by molar-refractivity contribution is 7.09. The van der Waals surface area contributed by atoms with Crippen LogP contribution in [0.3, 0.4) is 0 Å². The third-order valence-electron chi connectivity index (χ3n) is 5.66. The third kappa shape index (κ3) is 5.38. The maximum atomic E-state index is 12.6. The van der Waals surface area contributed by atoms with Crippen molar-refractivity contribution in [3.63, 3.8) is 0 Å². The van der Waals surface area contributed by atoms with E-state index in [0.29, 0.717) is 11.8 Å². The molecule has 0 bridgehead atoms. The highest BCUT2D eigenvalue weighted by atomic mass is 32.1. The number of carbonyl (C=O) groups is 1. The van der Waals surface area contributed by atoms with Gasteiger partial charge in [-0.1, -0.05) is 24.3 Å². The Bertz CT molecular complexity index is 778. The van der Waals surface area contributed by atoms with Crippen LogP contribution in [-0.4, -0.2) is 62.2 Å². The number of thiophene rings is 1. The summed E-state index contributed by atoms with van der Waals surface area (Å²) in [7, 11) is 3.31. The number of hydrogen-bond acceptors (Lipinski definition) is 5. The molecule has 2 aromatic rings. The Hall–Kier alpha value is -1.89. The maximum absolute atomic E-state index is 12.6. The molecule has 0 radical (unpaired) electrons. The van der Waals surface area contributed by atoms with Crippen molar-refractivity contribution < 1.29 is 14.3 Å². The number of benzene rings is 1. The summed E-state index contributed by atoms with van der Waals surface area (Å²) in [5.74, 6) is 1.65. The second kappa shape index (κ2) is 10.2. The van der Waals surface area contributed by atoms with Crippen LogP contribution in [0.25, 0.3) is 0 Å². The van der Waals surface area contributed by atoms with Crippen LogP contribution in [0.15, 0.2) is 41.8 Å². The van der Waals surface area contributed by atoms with Crippen molar-refractivity contribution >= 4 is 17.2 Å². The number of ether oxygens (including phenoxy) is 2. The summed E-state index contributed by atoms with van der Waals surface area (Å²) < 4.78 is 10.8. The number of carbonyl (C=O) groups excluding carboxylic acids is 1. The lowest BCUT2D eigenvalue weighted by molar-refractivity contribution is -0.137. The van der Waals surface area contributed by atoms with Gasteiger partial charge in [0.2, 0.25) is 5.91 Å². The zero-order valence-corrected chi connectivity index (χ0v) is 18.7. The molecule has 1 aromatic heterocycles. The van der Waals surface area contributed by atoms with Gasteiger partial charge in [0.1, 0.15) is 12.4 Å². The van der Waals surface area contributed by atoms with E-state index in [0.717, 1.165) is 31.9 Å². The zero-order chi connectivity index (χ0) is 20.8. The first kappa shape index (κ1) is 21.8. The van der Waals surface area contributed by atoms with Gasteiger partial charge in [-0.15, -0.1) is 11.3 Å². The van der Waals surface area contributed by atoms with Crippen LogP contribution >= 0.6 is 11.3 Å². The molecule has 0 N–H and O–H groups in total. The Labute approximate surface area is 178 Å². The summed E-state index contributed by atoms with van der Waals surface area (Å²) in [5, 5.41) is 2.13. The lowest BCUT2D eigenvalue weighted by Crippen LogP contribution is -2.43. The second-order valence-electron chi connectivity index (χ2n) is 7.95. The quantitative estimate of drug-likeness (QED) is 0.623. The van der Waals surface area contributed by atoms with E-state index in [-0.39, 0.29) is 18.6 Å². The molecule has 2 heterocycles. The highest BCUT2D eigenvalue weighted by Gasteiger charge is 2.37. The average Bonchev–Trinajstić information content (AvgIpc) is 3.36. The number of amides is 1. The van der Waals surface area contributed by atoms with Gasteiger partial charge in [0.15, 0.2) is 0 Å². The molecular formula is C23H32N2O3S. The summed E-state index contributed by atoms with van der Waals surface area (Å²) in [6.45, 7) is 7.88. The van der Waals surface area contributed by atoms with E-state index in [1.807, 2.05) is 17.0 Å². The highest BCUT2D eigenvalue weighted by Crippen LogP contribution is 2.38. The molecule has 0 aliphatic carbocycles. The smallest absolute Gasteiger partial charge is 0.248 e. The van der Waals surface area contributed by atoms with Crippen LogP contribution in [0.1, 0.15) is 30.2 Å². The Morgan fingerprint density at radius 3 is 2.66 bits per heavy atom. The molecule has 1 amide bonds. The lowest BCUT2D eigenvalue weighted by Gasteiger charge is -2.31. The molecule has 1 saturated heterocycles. The topological polar surface area (TPSA) is 42.0 Å². The predicted molar refractivity (Wildman–Crippen MR) is 118 cm³/mol. The van der Waals surface area contributed by atoms with Crippen molar-refractivity contribution in [1.82, 2.24) is 9.80 Å². The van der Waals surface area contributed by atoms with Gasteiger partial charge in [0, 0.05) is 50.1 Å². The minimum Gasteiger partial charge on any atom is -0.496 e. The van der Waals surface area contributed by atoms with Crippen molar-refractivity contribution in [2.75, 3.05) is 40.5 Å². The molecule has 29 heavy (non-hydrogen) atoms. The van der Waals surface area contributed by atoms with Crippen molar-refractivity contribution in [2.45, 2.75) is 32.4 Å². The van der Waals surface area contributed by atoms with Gasteiger partial charge in [-0.2, -0.15) is 0 Å². The largest absolute Gasteiger partial charge is 0.496 e. The normalized spacial score (nSPS) is 19.6. The van der Waals surface area contributed by atoms with Crippen LogP contribution in [0.5, 0.6) is 5.75 Å². The van der Waals surface area contributed by atoms with Crippen molar-refractivity contribution in [2.24, 2.45) is 5.92 Å². The van der Waals surface area contributed by atoms with Crippen molar-refractivity contribution in [3.05, 3.63) is 52.2 Å². The van der Waals surface area contributed by atoms with Crippen LogP contribution < -0.4 is 4.74 Å². The number of likely N-dealkylation sites (tertiary alicyclic amines) is 1. The number of methoxy groups -OCH3 is 2. The Morgan fingerprint density at radius 1 is 1.21 bits per heavy atom. The summed E-state index contributed by atoms with van der Waals surface area (Å²) in [5.41, 5.74) is 1.23. The van der Waals surface area contributed by atoms with Gasteiger partial charge < -0.3 is 14.4 Å². The first-order chi connectivity index (χ1) is 14.0. The maximum Gasteiger partial charge on any atom is 0.248 e. The SMILES string of the molecule is COCC(=O)N(C[C@@H]1CN(Cc2cccs2)C[C@H]1c1ccccc1OC)C(C)C. The van der Waals surface area contributed by atoms with Crippen molar-refractivity contribution in [3.8, 4) is 5.75 Å². The Balaban J connectivity index is 1.84. The predicted octanol–water partition coefficient (Wildman–Crippen LogP) is 3.86. The fraction of sp³-hybridized carbons (Fsp3) is 0.522. The summed E-state index contributed by atoms with van der Waals surface area (Å²) in [4.78, 5) is 18.5. The number of hydrogen-bond donors (Lipinski definition) is 0. The van der Waals surface area contributed by atoms with E-state index < -0.39 is 0 Å². The van der Waals surface area contributed by atoms with Gasteiger partial charge in [-0.05, 0) is 42.8 Å². The molecule has 1 aromatic carbocycles. The number of nitrogens with zero attached hydrogens (tertiary/aromatic N) is 2. The van der Waals surface area contributed by atoms with Gasteiger partial charge in [0.05, 0.1) is 7.11 Å². The molecule has 3 rings (SSSR count). The molecule has 1 fully saturated rings. The third-order valence-corrected chi connectivity index (χ3v) is 6.52. The van der Waals surface area contributed by atoms with Gasteiger partial charge in [0.25, 0.3) is 0 Å². The molecule has 0 saturated carbocycles. The second-order valence-corrected chi connectivity index (χ2v) is 8.99. The molecule has 2 atom stereocenters. The summed E-state index contributed by atoms with van der Waals surface area (Å²) in [6.07, 6.45) is 0. The fourth-order valence-corrected chi connectivity index (χ4v) is 5.03. The molecule has 0 unspecified atom stereocenters. The van der Waals surface area contributed by atoms with E-state index in [1.54, 1.807) is 25.6 Å². The minimum atomic E-state index is 0.0537. The monoisotopic (exact) mass is 416 g/mol. The average molecular weight is 417 g/mol. The standard InChI is InChI=1S/C23H32N2O3S/c1-17(2)25(23(26)16-27-3)13-18-12-24(14-19-8-7-11-29-19)15-21(18)20-9-5-6-10-22(20)28-4/h5-11,17-18,21H,12-16H2,1-4H3/t18-,21+/m0/s1. The number of para-hydroxylation sites is 1. The number of rotatable bonds is 9. The fourth-order valence-electron chi connectivity index (χ4n) is 4.28. The van der Waals surface area contributed by atoms with Gasteiger partial charge in [-0.25, -0.2) is 0 Å². The van der Waals surface area contributed by atoms with Crippen LogP contribution in [0.2, 0.25) is 0 Å². The van der Waals surface area contributed by atoms with Crippen LogP contribution in [-0.2, 0) is 16.1 Å². The molecular weight excluding hydrogens is 384 g/mol. The summed E-state index contributed by atoms with van der Waals surface area (Å²) in [6, 6.07) is 12.7. The molecule has 5 nitrogen and oxygen atoms in total. The van der Waals surface area contributed by atoms with Crippen LogP contribution in [0.4, 0.5) is 0 Å². The van der Waals surface area contributed by atoms with E-state index in [2.05, 4.69) is 48.4 Å². The van der Waals surface area contributed by atoms with E-state index in [1.165, 1.54) is 10.4 Å². The molecule has 1 aliphatic heterocycles. The minimum absolute atomic E-state index is 0.0537. The van der Waals surface area contributed by atoms with Gasteiger partial charge in [-0.3, -0.25) is 9.69 Å². The lowest BCUT2D eigenvalue weighted by atomic mass is 9.87. The first-order valence-electron chi connectivity index (χ1n) is 10.2. The first-order valence-corrected chi connectivity index (χ1v) is 11.1. The summed E-state index contributed by atoms with van der Waals surface area (Å²) >= 11 is 1.80. The molecule has 0 spiro atoms. The van der Waals surface area contributed by atoms with E-state index in [4.69, 9.17) is 9.47 Å². The van der Waals surface area contributed by atoms with Crippen molar-refractivity contribution in [1.29, 1.82) is 0 Å². The van der Waals surface area contributed by atoms with E-state index >= 15 is 0 Å². The molecule has 1 aliphatic rings.